The van der Waals surface area contributed by atoms with Gasteiger partial charge in [-0.05, 0) is 32.3 Å². The molecule has 0 rings (SSSR count). The van der Waals surface area contributed by atoms with Gasteiger partial charge >= 0.3 is 5.97 Å². The molecule has 2 heteroatoms. The van der Waals surface area contributed by atoms with Crippen molar-refractivity contribution in [2.75, 3.05) is 0 Å². The lowest BCUT2D eigenvalue weighted by Crippen LogP contribution is -2.23. The van der Waals surface area contributed by atoms with Crippen LogP contribution in [0.4, 0.5) is 0 Å². The van der Waals surface area contributed by atoms with Crippen LogP contribution < -0.4 is 0 Å². The Labute approximate surface area is 86.6 Å². The van der Waals surface area contributed by atoms with E-state index in [0.717, 1.165) is 6.42 Å². The summed E-state index contributed by atoms with van der Waals surface area (Å²) >= 11 is 0. The monoisotopic (exact) mass is 196 g/mol. The van der Waals surface area contributed by atoms with Gasteiger partial charge in [-0.2, -0.15) is 0 Å². The van der Waals surface area contributed by atoms with Crippen LogP contribution >= 0.6 is 0 Å². The van der Waals surface area contributed by atoms with E-state index in [2.05, 4.69) is 13.5 Å². The average molecular weight is 196 g/mol. The van der Waals surface area contributed by atoms with Gasteiger partial charge in [0.2, 0.25) is 0 Å². The van der Waals surface area contributed by atoms with E-state index >= 15 is 0 Å². The normalized spacial score (nSPS) is 14.0. The van der Waals surface area contributed by atoms with Crippen LogP contribution in [0.3, 0.4) is 0 Å². The molecule has 0 fully saturated rings. The van der Waals surface area contributed by atoms with Crippen molar-refractivity contribution in [1.29, 1.82) is 0 Å². The predicted molar refractivity (Wildman–Crippen MR) is 59.0 cm³/mol. The zero-order valence-corrected chi connectivity index (χ0v) is 9.54. The summed E-state index contributed by atoms with van der Waals surface area (Å²) < 4.78 is 5.10. The highest BCUT2D eigenvalue weighted by molar-refractivity contribution is 5.66. The molecule has 0 aromatic heterocycles. The van der Waals surface area contributed by atoms with Gasteiger partial charge < -0.3 is 4.74 Å². The zero-order chi connectivity index (χ0) is 11.2. The fourth-order valence-corrected chi connectivity index (χ4v) is 1.07. The third-order valence-electron chi connectivity index (χ3n) is 1.84. The van der Waals surface area contributed by atoms with E-state index in [0.29, 0.717) is 5.92 Å². The van der Waals surface area contributed by atoms with Gasteiger partial charge in [0.25, 0.3) is 0 Å². The van der Waals surface area contributed by atoms with Gasteiger partial charge in [0.1, 0.15) is 5.60 Å². The van der Waals surface area contributed by atoms with E-state index in [1.807, 2.05) is 32.1 Å². The summed E-state index contributed by atoms with van der Waals surface area (Å²) in [5.41, 5.74) is -0.507. The average Bonchev–Trinajstić information content (AvgIpc) is 2.01. The maximum atomic E-state index is 10.7. The molecule has 0 aromatic carbocycles. The van der Waals surface area contributed by atoms with E-state index in [4.69, 9.17) is 4.74 Å². The first-order valence-corrected chi connectivity index (χ1v) is 4.87. The first-order valence-electron chi connectivity index (χ1n) is 4.87. The summed E-state index contributed by atoms with van der Waals surface area (Å²) in [6, 6.07) is 0. The number of hydrogen-bond donors (Lipinski definition) is 0. The fourth-order valence-electron chi connectivity index (χ4n) is 1.07. The quantitative estimate of drug-likeness (QED) is 0.499. The van der Waals surface area contributed by atoms with Crippen LogP contribution in [-0.4, -0.2) is 11.6 Å². The lowest BCUT2D eigenvalue weighted by atomic mass is 10.0. The van der Waals surface area contributed by atoms with Crippen LogP contribution in [0.15, 0.2) is 24.8 Å². The number of hydrogen-bond acceptors (Lipinski definition) is 2. The minimum Gasteiger partial charge on any atom is -0.456 e. The largest absolute Gasteiger partial charge is 0.456 e. The van der Waals surface area contributed by atoms with Crippen molar-refractivity contribution in [1.82, 2.24) is 0 Å². The molecule has 0 aromatic rings. The molecule has 1 atom stereocenters. The van der Waals surface area contributed by atoms with Crippen LogP contribution in [0.1, 0.15) is 34.1 Å². The standard InChI is InChI=1S/C12H20O2/c1-6-10(2)8-7-9-12(4,5)14-11(3)13/h6-7,9-10H,1,8H2,2-5H3. The highest BCUT2D eigenvalue weighted by atomic mass is 16.6. The maximum Gasteiger partial charge on any atom is 0.303 e. The molecular weight excluding hydrogens is 176 g/mol. The Hall–Kier alpha value is -1.05. The van der Waals surface area contributed by atoms with Crippen molar-refractivity contribution in [2.24, 2.45) is 5.92 Å². The van der Waals surface area contributed by atoms with E-state index in [-0.39, 0.29) is 5.97 Å². The summed E-state index contributed by atoms with van der Waals surface area (Å²) in [5.74, 6) is 0.204. The van der Waals surface area contributed by atoms with Gasteiger partial charge in [0, 0.05) is 6.92 Å². The van der Waals surface area contributed by atoms with Crippen LogP contribution in [-0.2, 0) is 9.53 Å². The second kappa shape index (κ2) is 5.63. The van der Waals surface area contributed by atoms with E-state index in [1.165, 1.54) is 6.92 Å². The topological polar surface area (TPSA) is 26.3 Å². The first kappa shape index (κ1) is 12.9. The zero-order valence-electron chi connectivity index (χ0n) is 9.54. The summed E-state index contributed by atoms with van der Waals surface area (Å²) in [7, 11) is 0. The van der Waals surface area contributed by atoms with Crippen LogP contribution in [0.2, 0.25) is 0 Å². The summed E-state index contributed by atoms with van der Waals surface area (Å²) in [6.07, 6.45) is 6.76. The lowest BCUT2D eigenvalue weighted by molar-refractivity contribution is -0.149. The molecular formula is C12H20O2. The van der Waals surface area contributed by atoms with Gasteiger partial charge in [-0.15, -0.1) is 6.58 Å². The Kier molecular flexibility index (Phi) is 5.21. The fraction of sp³-hybridized carbons (Fsp3) is 0.583. The van der Waals surface area contributed by atoms with Crippen LogP contribution in [0, 0.1) is 5.92 Å². The molecule has 14 heavy (non-hydrogen) atoms. The van der Waals surface area contributed by atoms with Gasteiger partial charge in [-0.3, -0.25) is 4.79 Å². The lowest BCUT2D eigenvalue weighted by Gasteiger charge is -2.20. The molecule has 1 unspecified atom stereocenters. The Morgan fingerprint density at radius 3 is 2.57 bits per heavy atom. The maximum absolute atomic E-state index is 10.7. The number of rotatable bonds is 5. The highest BCUT2D eigenvalue weighted by Gasteiger charge is 2.16. The van der Waals surface area contributed by atoms with Crippen molar-refractivity contribution >= 4 is 5.97 Å². The molecule has 0 aliphatic heterocycles. The van der Waals surface area contributed by atoms with Crippen molar-refractivity contribution in [2.45, 2.75) is 39.7 Å². The SMILES string of the molecule is C=CC(C)CC=CC(C)(C)OC(C)=O. The van der Waals surface area contributed by atoms with Crippen molar-refractivity contribution in [3.63, 3.8) is 0 Å². The second-order valence-electron chi connectivity index (χ2n) is 4.05. The second-order valence-corrected chi connectivity index (χ2v) is 4.05. The Morgan fingerprint density at radius 2 is 2.14 bits per heavy atom. The van der Waals surface area contributed by atoms with Gasteiger partial charge in [-0.25, -0.2) is 0 Å². The van der Waals surface area contributed by atoms with E-state index in [9.17, 15) is 4.79 Å². The Bertz CT molecular complexity index is 226. The first-order chi connectivity index (χ1) is 6.37. The molecule has 0 radical (unpaired) electrons. The van der Waals surface area contributed by atoms with E-state index in [1.54, 1.807) is 0 Å². The minimum absolute atomic E-state index is 0.253. The summed E-state index contributed by atoms with van der Waals surface area (Å²) in [4.78, 5) is 10.7. The van der Waals surface area contributed by atoms with Crippen molar-refractivity contribution < 1.29 is 9.53 Å². The van der Waals surface area contributed by atoms with Crippen molar-refractivity contribution in [3.05, 3.63) is 24.8 Å². The molecule has 0 saturated carbocycles. The van der Waals surface area contributed by atoms with Crippen molar-refractivity contribution in [3.8, 4) is 0 Å². The minimum atomic E-state index is -0.507. The van der Waals surface area contributed by atoms with Gasteiger partial charge in [0.05, 0.1) is 0 Å². The number of ether oxygens (including phenoxy) is 1. The third kappa shape index (κ3) is 6.46. The molecule has 2 nitrogen and oxygen atoms in total. The molecule has 0 aliphatic rings. The van der Waals surface area contributed by atoms with Crippen LogP contribution in [0.5, 0.6) is 0 Å². The van der Waals surface area contributed by atoms with Gasteiger partial charge in [0.15, 0.2) is 0 Å². The molecule has 0 spiro atoms. The molecule has 0 saturated heterocycles. The van der Waals surface area contributed by atoms with Crippen LogP contribution in [0.25, 0.3) is 0 Å². The predicted octanol–water partition coefficient (Wildman–Crippen LogP) is 3.10. The highest BCUT2D eigenvalue weighted by Crippen LogP contribution is 2.13. The molecule has 80 valence electrons. The van der Waals surface area contributed by atoms with Gasteiger partial charge in [-0.1, -0.05) is 19.1 Å². The summed E-state index contributed by atoms with van der Waals surface area (Å²) in [6.45, 7) is 10.9. The summed E-state index contributed by atoms with van der Waals surface area (Å²) in [5, 5.41) is 0. The molecule has 0 N–H and O–H groups in total. The number of allylic oxidation sites excluding steroid dienone is 2. The number of esters is 1. The molecule has 0 heterocycles. The molecule has 0 bridgehead atoms. The van der Waals surface area contributed by atoms with E-state index < -0.39 is 5.60 Å². The Balaban J connectivity index is 4.07. The smallest absolute Gasteiger partial charge is 0.303 e. The molecule has 0 aliphatic carbocycles. The molecule has 0 amide bonds. The third-order valence-corrected chi connectivity index (χ3v) is 1.84. The number of carbonyl (C=O) groups is 1. The number of carbonyl (C=O) groups excluding carboxylic acids is 1. The Morgan fingerprint density at radius 1 is 1.57 bits per heavy atom.